The second-order valence-corrected chi connectivity index (χ2v) is 6.46. The van der Waals surface area contributed by atoms with E-state index in [4.69, 9.17) is 10.5 Å². The van der Waals surface area contributed by atoms with Crippen molar-refractivity contribution in [1.82, 2.24) is 4.98 Å². The van der Waals surface area contributed by atoms with E-state index >= 15 is 0 Å². The van der Waals surface area contributed by atoms with Crippen LogP contribution in [-0.4, -0.2) is 18.6 Å². The number of nitrogens with one attached hydrogen (secondary N) is 1. The largest absolute Gasteiger partial charge is 0.497 e. The molecule has 3 N–H and O–H groups in total. The minimum atomic E-state index is 0.745. The van der Waals surface area contributed by atoms with Crippen LogP contribution >= 0.6 is 0 Å². The van der Waals surface area contributed by atoms with E-state index in [0.717, 1.165) is 31.6 Å². The van der Waals surface area contributed by atoms with Gasteiger partial charge >= 0.3 is 0 Å². The first-order valence-corrected chi connectivity index (χ1v) is 8.60. The predicted molar refractivity (Wildman–Crippen MR) is 102 cm³/mol. The van der Waals surface area contributed by atoms with Gasteiger partial charge in [-0.15, -0.1) is 0 Å². The normalized spacial score (nSPS) is 11.2. The molecule has 0 atom stereocenters. The summed E-state index contributed by atoms with van der Waals surface area (Å²) in [4.78, 5) is 3.67. The van der Waals surface area contributed by atoms with Crippen LogP contribution < -0.4 is 10.5 Å². The molecule has 3 heteroatoms. The SMILES string of the molecule is COc1cccc(-c2[nH]c3c(C)cc(C)cc3c2CCCCN)c1. The van der Waals surface area contributed by atoms with E-state index in [1.54, 1.807) is 7.11 Å². The van der Waals surface area contributed by atoms with Crippen LogP contribution in [0.3, 0.4) is 0 Å². The first-order chi connectivity index (χ1) is 11.6. The third kappa shape index (κ3) is 3.17. The topological polar surface area (TPSA) is 51.0 Å². The molecule has 0 spiro atoms. The Kier molecular flexibility index (Phi) is 4.91. The highest BCUT2D eigenvalue weighted by Crippen LogP contribution is 2.35. The van der Waals surface area contributed by atoms with Crippen molar-refractivity contribution in [1.29, 1.82) is 0 Å². The molecule has 126 valence electrons. The summed E-state index contributed by atoms with van der Waals surface area (Å²) < 4.78 is 5.40. The summed E-state index contributed by atoms with van der Waals surface area (Å²) in [5.41, 5.74) is 13.3. The molecule has 3 rings (SSSR count). The molecular formula is C21H26N2O. The van der Waals surface area contributed by atoms with E-state index in [0.29, 0.717) is 0 Å². The van der Waals surface area contributed by atoms with Crippen LogP contribution in [0.15, 0.2) is 36.4 Å². The molecule has 0 aliphatic heterocycles. The molecule has 1 aromatic heterocycles. The van der Waals surface area contributed by atoms with Crippen LogP contribution in [0.2, 0.25) is 0 Å². The number of ether oxygens (including phenoxy) is 1. The van der Waals surface area contributed by atoms with Crippen LogP contribution in [0.25, 0.3) is 22.2 Å². The van der Waals surface area contributed by atoms with Gasteiger partial charge in [0, 0.05) is 22.2 Å². The van der Waals surface area contributed by atoms with Gasteiger partial charge in [-0.05, 0) is 69.0 Å². The maximum absolute atomic E-state index is 5.69. The molecule has 24 heavy (non-hydrogen) atoms. The lowest BCUT2D eigenvalue weighted by molar-refractivity contribution is 0.415. The van der Waals surface area contributed by atoms with Crippen LogP contribution in [0.5, 0.6) is 5.75 Å². The fraction of sp³-hybridized carbons (Fsp3) is 0.333. The van der Waals surface area contributed by atoms with Crippen molar-refractivity contribution in [3.8, 4) is 17.0 Å². The number of hydrogen-bond acceptors (Lipinski definition) is 2. The van der Waals surface area contributed by atoms with E-state index in [-0.39, 0.29) is 0 Å². The zero-order valence-corrected chi connectivity index (χ0v) is 14.8. The number of fused-ring (bicyclic) bond motifs is 1. The van der Waals surface area contributed by atoms with Gasteiger partial charge in [-0.1, -0.05) is 23.8 Å². The summed E-state index contributed by atoms with van der Waals surface area (Å²) in [5, 5.41) is 1.34. The lowest BCUT2D eigenvalue weighted by Crippen LogP contribution is -1.99. The van der Waals surface area contributed by atoms with Crippen molar-refractivity contribution in [2.45, 2.75) is 33.1 Å². The molecule has 0 radical (unpaired) electrons. The Morgan fingerprint density at radius 2 is 1.92 bits per heavy atom. The first kappa shape index (κ1) is 16.6. The second-order valence-electron chi connectivity index (χ2n) is 6.46. The lowest BCUT2D eigenvalue weighted by Gasteiger charge is -2.07. The average molecular weight is 322 g/mol. The Morgan fingerprint density at radius 3 is 2.67 bits per heavy atom. The molecule has 0 fully saturated rings. The molecule has 0 unspecified atom stereocenters. The first-order valence-electron chi connectivity index (χ1n) is 8.60. The number of aromatic nitrogens is 1. The number of nitrogens with two attached hydrogens (primary N) is 1. The smallest absolute Gasteiger partial charge is 0.119 e. The molecule has 0 saturated carbocycles. The average Bonchev–Trinajstić information content (AvgIpc) is 2.94. The minimum Gasteiger partial charge on any atom is -0.497 e. The Labute approximate surface area is 143 Å². The number of benzene rings is 2. The third-order valence-electron chi connectivity index (χ3n) is 4.60. The summed E-state index contributed by atoms with van der Waals surface area (Å²) >= 11 is 0. The number of aromatic amines is 1. The Balaban J connectivity index is 2.17. The highest BCUT2D eigenvalue weighted by Gasteiger charge is 2.15. The molecule has 1 heterocycles. The third-order valence-corrected chi connectivity index (χ3v) is 4.60. The quantitative estimate of drug-likeness (QED) is 0.644. The highest BCUT2D eigenvalue weighted by molar-refractivity contribution is 5.93. The van der Waals surface area contributed by atoms with Crippen LogP contribution in [0.1, 0.15) is 29.5 Å². The van der Waals surface area contributed by atoms with E-state index < -0.39 is 0 Å². The molecule has 0 aliphatic rings. The van der Waals surface area contributed by atoms with E-state index in [9.17, 15) is 0 Å². The van der Waals surface area contributed by atoms with Crippen molar-refractivity contribution in [3.63, 3.8) is 0 Å². The number of H-pyrrole nitrogens is 1. The molecular weight excluding hydrogens is 296 g/mol. The van der Waals surface area contributed by atoms with Gasteiger partial charge in [0.1, 0.15) is 5.75 Å². The molecule has 0 bridgehead atoms. The summed E-state index contributed by atoms with van der Waals surface area (Å²) in [6.45, 7) is 5.08. The number of hydrogen-bond donors (Lipinski definition) is 2. The molecule has 0 saturated heterocycles. The monoisotopic (exact) mass is 322 g/mol. The number of rotatable bonds is 6. The van der Waals surface area contributed by atoms with Gasteiger partial charge in [0.25, 0.3) is 0 Å². The maximum atomic E-state index is 5.69. The summed E-state index contributed by atoms with van der Waals surface area (Å²) in [7, 11) is 1.71. The van der Waals surface area contributed by atoms with E-state index in [1.165, 1.54) is 38.9 Å². The number of aryl methyl sites for hydroxylation is 3. The van der Waals surface area contributed by atoms with Crippen molar-refractivity contribution in [2.24, 2.45) is 5.73 Å². The van der Waals surface area contributed by atoms with Crippen LogP contribution in [-0.2, 0) is 6.42 Å². The Hall–Kier alpha value is -2.26. The predicted octanol–water partition coefficient (Wildman–Crippen LogP) is 4.74. The van der Waals surface area contributed by atoms with Gasteiger partial charge in [-0.2, -0.15) is 0 Å². The lowest BCUT2D eigenvalue weighted by atomic mass is 9.98. The second kappa shape index (κ2) is 7.10. The number of unbranched alkanes of at least 4 members (excludes halogenated alkanes) is 1. The van der Waals surface area contributed by atoms with Crippen LogP contribution in [0.4, 0.5) is 0 Å². The van der Waals surface area contributed by atoms with Gasteiger partial charge < -0.3 is 15.5 Å². The Bertz CT molecular complexity index is 848. The molecule has 0 amide bonds. The van der Waals surface area contributed by atoms with Gasteiger partial charge in [0.15, 0.2) is 0 Å². The van der Waals surface area contributed by atoms with Crippen LogP contribution in [0, 0.1) is 13.8 Å². The van der Waals surface area contributed by atoms with Gasteiger partial charge in [-0.3, -0.25) is 0 Å². The highest BCUT2D eigenvalue weighted by atomic mass is 16.5. The molecule has 3 nitrogen and oxygen atoms in total. The van der Waals surface area contributed by atoms with Gasteiger partial charge in [0.05, 0.1) is 7.11 Å². The van der Waals surface area contributed by atoms with Crippen molar-refractivity contribution >= 4 is 10.9 Å². The molecule has 2 aromatic carbocycles. The molecule has 0 aliphatic carbocycles. The van der Waals surface area contributed by atoms with Gasteiger partial charge in [0.2, 0.25) is 0 Å². The summed E-state index contributed by atoms with van der Waals surface area (Å²) in [5.74, 6) is 0.881. The molecule has 3 aromatic rings. The minimum absolute atomic E-state index is 0.745. The zero-order valence-electron chi connectivity index (χ0n) is 14.8. The van der Waals surface area contributed by atoms with Crippen molar-refractivity contribution in [2.75, 3.05) is 13.7 Å². The van der Waals surface area contributed by atoms with Crippen molar-refractivity contribution < 1.29 is 4.74 Å². The summed E-state index contributed by atoms with van der Waals surface area (Å²) in [6, 6.07) is 12.8. The fourth-order valence-corrected chi connectivity index (χ4v) is 3.44. The standard InChI is InChI=1S/C21H26N2O/c1-14-11-15(2)20-19(12-14)18(9-4-5-10-22)21(23-20)16-7-6-8-17(13-16)24-3/h6-8,11-13,23H,4-5,9-10,22H2,1-3H3. The fourth-order valence-electron chi connectivity index (χ4n) is 3.44. The Morgan fingerprint density at radius 1 is 1.08 bits per heavy atom. The van der Waals surface area contributed by atoms with Crippen molar-refractivity contribution in [3.05, 3.63) is 53.1 Å². The summed E-state index contributed by atoms with van der Waals surface area (Å²) in [6.07, 6.45) is 3.19. The number of methoxy groups -OCH3 is 1. The zero-order chi connectivity index (χ0) is 17.1. The van der Waals surface area contributed by atoms with Gasteiger partial charge in [-0.25, -0.2) is 0 Å². The van der Waals surface area contributed by atoms with E-state index in [1.807, 2.05) is 12.1 Å². The van der Waals surface area contributed by atoms with E-state index in [2.05, 4.69) is 43.1 Å². The maximum Gasteiger partial charge on any atom is 0.119 e.